The van der Waals surface area contributed by atoms with E-state index in [9.17, 15) is 4.79 Å². The van der Waals surface area contributed by atoms with Gasteiger partial charge < -0.3 is 4.74 Å². The molecule has 0 fully saturated rings. The fourth-order valence-electron chi connectivity index (χ4n) is 1.61. The summed E-state index contributed by atoms with van der Waals surface area (Å²) in [6.07, 6.45) is 1.60. The molecule has 0 N–H and O–H groups in total. The SMILES string of the molecule is CCC(C)(C)OC(=O)N(CCC[SiH3])c1ccccc1. The molecule has 0 atom stereocenters. The summed E-state index contributed by atoms with van der Waals surface area (Å²) in [4.78, 5) is 14.1. The number of carbonyl (C=O) groups is 1. The summed E-state index contributed by atoms with van der Waals surface area (Å²) in [5.41, 5.74) is 0.500. The van der Waals surface area contributed by atoms with Crippen molar-refractivity contribution in [3.8, 4) is 0 Å². The van der Waals surface area contributed by atoms with Gasteiger partial charge in [0.2, 0.25) is 0 Å². The van der Waals surface area contributed by atoms with E-state index in [0.717, 1.165) is 25.1 Å². The normalized spacial score (nSPS) is 11.3. The fourth-order valence-corrected chi connectivity index (χ4v) is 1.93. The summed E-state index contributed by atoms with van der Waals surface area (Å²) in [5.74, 6) is 0. The van der Waals surface area contributed by atoms with Gasteiger partial charge in [-0.15, -0.1) is 0 Å². The van der Waals surface area contributed by atoms with Gasteiger partial charge in [0.1, 0.15) is 5.60 Å². The molecular weight excluding hydrogens is 254 g/mol. The third kappa shape index (κ3) is 5.07. The predicted octanol–water partition coefficient (Wildman–Crippen LogP) is 2.99. The monoisotopic (exact) mass is 279 g/mol. The molecule has 4 heteroatoms. The van der Waals surface area contributed by atoms with E-state index in [2.05, 4.69) is 0 Å². The summed E-state index contributed by atoms with van der Waals surface area (Å²) in [7, 11) is 1.17. The van der Waals surface area contributed by atoms with Crippen LogP contribution in [0.15, 0.2) is 30.3 Å². The summed E-state index contributed by atoms with van der Waals surface area (Å²) >= 11 is 0. The van der Waals surface area contributed by atoms with Gasteiger partial charge in [0.25, 0.3) is 0 Å². The molecule has 0 bridgehead atoms. The Hall–Kier alpha value is -1.29. The molecule has 0 aliphatic carbocycles. The van der Waals surface area contributed by atoms with Crippen molar-refractivity contribution in [2.75, 3.05) is 11.4 Å². The molecule has 1 rings (SSSR count). The van der Waals surface area contributed by atoms with Gasteiger partial charge in [-0.25, -0.2) is 4.79 Å². The molecule has 3 nitrogen and oxygen atoms in total. The third-order valence-corrected chi connectivity index (χ3v) is 3.95. The largest absolute Gasteiger partial charge is 0.443 e. The number of anilines is 1. The van der Waals surface area contributed by atoms with Gasteiger partial charge in [0.15, 0.2) is 0 Å². The van der Waals surface area contributed by atoms with E-state index in [-0.39, 0.29) is 6.09 Å². The van der Waals surface area contributed by atoms with Crippen LogP contribution in [0.1, 0.15) is 33.6 Å². The molecule has 0 aromatic heterocycles. The van der Waals surface area contributed by atoms with Crippen LogP contribution in [0.2, 0.25) is 6.04 Å². The zero-order valence-corrected chi connectivity index (χ0v) is 14.5. The van der Waals surface area contributed by atoms with Crippen molar-refractivity contribution < 1.29 is 9.53 Å². The summed E-state index contributed by atoms with van der Waals surface area (Å²) in [6, 6.07) is 10.9. The Morgan fingerprint density at radius 1 is 1.32 bits per heavy atom. The second kappa shape index (κ2) is 7.33. The highest BCUT2D eigenvalue weighted by Gasteiger charge is 2.25. The van der Waals surface area contributed by atoms with E-state index in [0.29, 0.717) is 0 Å². The zero-order chi connectivity index (χ0) is 14.3. The molecule has 1 aromatic carbocycles. The number of para-hydroxylation sites is 1. The van der Waals surface area contributed by atoms with Gasteiger partial charge in [-0.1, -0.05) is 31.2 Å². The lowest BCUT2D eigenvalue weighted by Gasteiger charge is -2.29. The number of nitrogens with zero attached hydrogens (tertiary/aromatic N) is 1. The third-order valence-electron chi connectivity index (χ3n) is 3.24. The molecule has 0 unspecified atom stereocenters. The number of ether oxygens (including phenoxy) is 1. The van der Waals surface area contributed by atoms with Gasteiger partial charge >= 0.3 is 6.09 Å². The highest BCUT2D eigenvalue weighted by Crippen LogP contribution is 2.20. The molecule has 0 saturated heterocycles. The molecular formula is C15H25NO2Si. The second-order valence-corrected chi connectivity index (χ2v) is 6.32. The average molecular weight is 279 g/mol. The highest BCUT2D eigenvalue weighted by molar-refractivity contribution is 6.08. The van der Waals surface area contributed by atoms with Crippen molar-refractivity contribution in [3.05, 3.63) is 30.3 Å². The van der Waals surface area contributed by atoms with Gasteiger partial charge in [-0.2, -0.15) is 0 Å². The quantitative estimate of drug-likeness (QED) is 0.749. The molecule has 0 aliphatic rings. The molecule has 0 aliphatic heterocycles. The minimum Gasteiger partial charge on any atom is -0.443 e. The smallest absolute Gasteiger partial charge is 0.414 e. The van der Waals surface area contributed by atoms with Crippen LogP contribution in [0.25, 0.3) is 0 Å². The maximum Gasteiger partial charge on any atom is 0.414 e. The number of amides is 1. The van der Waals surface area contributed by atoms with Gasteiger partial charge in [0.05, 0.1) is 0 Å². The molecule has 19 heavy (non-hydrogen) atoms. The Labute approximate surface area is 119 Å². The standard InChI is InChI=1S/C15H25NO2Si/c1-4-15(2,3)18-14(17)16(11-8-12-19)13-9-6-5-7-10-13/h5-7,9-10H,4,8,11-12H2,1-3,19H3. The van der Waals surface area contributed by atoms with Gasteiger partial charge in [-0.3, -0.25) is 4.90 Å². The van der Waals surface area contributed by atoms with Crippen LogP contribution in [-0.4, -0.2) is 28.5 Å². The zero-order valence-electron chi connectivity index (χ0n) is 12.5. The highest BCUT2D eigenvalue weighted by atomic mass is 28.1. The lowest BCUT2D eigenvalue weighted by Crippen LogP contribution is -2.38. The Balaban J connectivity index is 2.82. The van der Waals surface area contributed by atoms with Crippen LogP contribution < -0.4 is 4.90 Å². The molecule has 0 heterocycles. The molecule has 0 saturated carbocycles. The van der Waals surface area contributed by atoms with Gasteiger partial charge in [-0.05, 0) is 38.8 Å². The molecule has 0 radical (unpaired) electrons. The lowest BCUT2D eigenvalue weighted by molar-refractivity contribution is 0.0412. The number of carbonyl (C=O) groups excluding carboxylic acids is 1. The van der Waals surface area contributed by atoms with Crippen molar-refractivity contribution in [1.29, 1.82) is 0 Å². The first-order valence-corrected chi connectivity index (χ1v) is 8.47. The van der Waals surface area contributed by atoms with Crippen LogP contribution in [0, 0.1) is 0 Å². The Morgan fingerprint density at radius 2 is 1.95 bits per heavy atom. The molecule has 106 valence electrons. The number of hydrogen-bond donors (Lipinski definition) is 0. The van der Waals surface area contributed by atoms with Crippen molar-refractivity contribution in [2.45, 2.75) is 45.3 Å². The first-order chi connectivity index (χ1) is 9.00. The van der Waals surface area contributed by atoms with E-state index in [4.69, 9.17) is 4.74 Å². The van der Waals surface area contributed by atoms with E-state index >= 15 is 0 Å². The number of hydrogen-bond acceptors (Lipinski definition) is 2. The molecule has 1 amide bonds. The first kappa shape index (κ1) is 15.8. The maximum atomic E-state index is 12.3. The molecule has 0 spiro atoms. The summed E-state index contributed by atoms with van der Waals surface area (Å²) in [6.45, 7) is 6.64. The van der Waals surface area contributed by atoms with Crippen molar-refractivity contribution in [3.63, 3.8) is 0 Å². The van der Waals surface area contributed by atoms with Crippen molar-refractivity contribution in [2.24, 2.45) is 0 Å². The van der Waals surface area contributed by atoms with E-state index in [1.807, 2.05) is 51.1 Å². The van der Waals surface area contributed by atoms with Crippen LogP contribution in [0.4, 0.5) is 10.5 Å². The Kier molecular flexibility index (Phi) is 6.08. The van der Waals surface area contributed by atoms with Gasteiger partial charge in [0, 0.05) is 22.5 Å². The lowest BCUT2D eigenvalue weighted by atomic mass is 10.1. The fraction of sp³-hybridized carbons (Fsp3) is 0.533. The average Bonchev–Trinajstić information content (AvgIpc) is 2.40. The Morgan fingerprint density at radius 3 is 2.47 bits per heavy atom. The van der Waals surface area contributed by atoms with E-state index in [1.54, 1.807) is 4.90 Å². The number of benzene rings is 1. The predicted molar refractivity (Wildman–Crippen MR) is 84.0 cm³/mol. The topological polar surface area (TPSA) is 29.5 Å². The maximum absolute atomic E-state index is 12.3. The minimum atomic E-state index is -0.412. The number of rotatable bonds is 6. The second-order valence-electron chi connectivity index (χ2n) is 5.32. The van der Waals surface area contributed by atoms with Crippen LogP contribution in [-0.2, 0) is 4.74 Å². The summed E-state index contributed by atoms with van der Waals surface area (Å²) in [5, 5.41) is 0. The van der Waals surface area contributed by atoms with E-state index < -0.39 is 5.60 Å². The van der Waals surface area contributed by atoms with Crippen LogP contribution >= 0.6 is 0 Å². The van der Waals surface area contributed by atoms with Crippen LogP contribution in [0.5, 0.6) is 0 Å². The Bertz CT molecular complexity index is 392. The van der Waals surface area contributed by atoms with Crippen LogP contribution in [0.3, 0.4) is 0 Å². The minimum absolute atomic E-state index is 0.242. The first-order valence-electron chi connectivity index (χ1n) is 7.05. The van der Waals surface area contributed by atoms with E-state index in [1.165, 1.54) is 16.3 Å². The summed E-state index contributed by atoms with van der Waals surface area (Å²) < 4.78 is 5.60. The van der Waals surface area contributed by atoms with Crippen molar-refractivity contribution >= 4 is 22.0 Å². The molecule has 1 aromatic rings. The van der Waals surface area contributed by atoms with Crippen molar-refractivity contribution in [1.82, 2.24) is 0 Å².